The van der Waals surface area contributed by atoms with Crippen LogP contribution in [0.5, 0.6) is 0 Å². The molecule has 5 nitrogen and oxygen atoms in total. The van der Waals surface area contributed by atoms with Crippen LogP contribution in [0.1, 0.15) is 49.4 Å². The maximum atomic E-state index is 12.3. The highest BCUT2D eigenvalue weighted by Gasteiger charge is 2.23. The van der Waals surface area contributed by atoms with Crippen molar-refractivity contribution in [2.24, 2.45) is 5.92 Å². The molecule has 1 aromatic rings. The Balaban J connectivity index is 2.15. The first kappa shape index (κ1) is 16.3. The number of hydrogen-bond acceptors (Lipinski definition) is 3. The molecule has 0 radical (unpaired) electrons. The molecule has 118 valence electrons. The number of amides is 1. The number of carbonyl (C=O) groups excluding carboxylic acids is 1. The van der Waals surface area contributed by atoms with Gasteiger partial charge in [-0.2, -0.15) is 5.26 Å². The van der Waals surface area contributed by atoms with Gasteiger partial charge in [0, 0.05) is 11.7 Å². The summed E-state index contributed by atoms with van der Waals surface area (Å²) in [6.07, 6.45) is 4.48. The Hall–Kier alpha value is -2.09. The number of hydrogen-bond donors (Lipinski definition) is 1. The zero-order chi connectivity index (χ0) is 16.3. The van der Waals surface area contributed by atoms with Crippen molar-refractivity contribution >= 4 is 5.91 Å². The summed E-state index contributed by atoms with van der Waals surface area (Å²) in [4.78, 5) is 24.6. The molecule has 1 heterocycles. The Morgan fingerprint density at radius 3 is 2.73 bits per heavy atom. The number of nitrogens with one attached hydrogen (secondary N) is 1. The molecule has 0 aromatic carbocycles. The lowest BCUT2D eigenvalue weighted by Crippen LogP contribution is -2.44. The second-order valence-electron chi connectivity index (χ2n) is 6.28. The molecular weight excluding hydrogens is 278 g/mol. The van der Waals surface area contributed by atoms with Crippen molar-refractivity contribution in [3.63, 3.8) is 0 Å². The third-order valence-electron chi connectivity index (χ3n) is 4.58. The minimum Gasteiger partial charge on any atom is -0.352 e. The van der Waals surface area contributed by atoms with Gasteiger partial charge in [0.2, 0.25) is 5.91 Å². The molecule has 0 saturated heterocycles. The van der Waals surface area contributed by atoms with Crippen molar-refractivity contribution in [1.29, 1.82) is 5.26 Å². The normalized spacial score (nSPS) is 21.2. The fourth-order valence-corrected chi connectivity index (χ4v) is 3.19. The third kappa shape index (κ3) is 3.38. The number of nitrogens with zero attached hydrogens (tertiary/aromatic N) is 2. The summed E-state index contributed by atoms with van der Waals surface area (Å²) < 4.78 is 1.38. The molecule has 1 amide bonds. The van der Waals surface area contributed by atoms with Crippen molar-refractivity contribution in [3.8, 4) is 6.07 Å². The van der Waals surface area contributed by atoms with Gasteiger partial charge in [-0.1, -0.05) is 19.8 Å². The fraction of sp³-hybridized carbons (Fsp3) is 0.588. The number of rotatable bonds is 3. The van der Waals surface area contributed by atoms with Gasteiger partial charge in [-0.25, -0.2) is 0 Å². The molecule has 1 N–H and O–H groups in total. The van der Waals surface area contributed by atoms with Gasteiger partial charge in [0.25, 0.3) is 5.56 Å². The molecule has 0 unspecified atom stereocenters. The van der Waals surface area contributed by atoms with Gasteiger partial charge in [-0.3, -0.25) is 9.59 Å². The van der Waals surface area contributed by atoms with Gasteiger partial charge in [-0.15, -0.1) is 0 Å². The van der Waals surface area contributed by atoms with Crippen molar-refractivity contribution in [2.45, 2.75) is 59.0 Å². The number of pyridine rings is 1. The summed E-state index contributed by atoms with van der Waals surface area (Å²) in [5.41, 5.74) is 1.09. The molecular formula is C17H23N3O2. The predicted molar refractivity (Wildman–Crippen MR) is 84.5 cm³/mol. The largest absolute Gasteiger partial charge is 0.352 e. The number of aromatic nitrogens is 1. The van der Waals surface area contributed by atoms with E-state index in [9.17, 15) is 9.59 Å². The second kappa shape index (κ2) is 6.78. The maximum Gasteiger partial charge on any atom is 0.269 e. The van der Waals surface area contributed by atoms with Gasteiger partial charge < -0.3 is 9.88 Å². The van der Waals surface area contributed by atoms with Crippen LogP contribution in [-0.4, -0.2) is 16.5 Å². The van der Waals surface area contributed by atoms with Crippen molar-refractivity contribution in [1.82, 2.24) is 9.88 Å². The van der Waals surface area contributed by atoms with E-state index in [1.165, 1.54) is 11.0 Å². The second-order valence-corrected chi connectivity index (χ2v) is 6.28. The summed E-state index contributed by atoms with van der Waals surface area (Å²) in [6, 6.07) is 3.89. The lowest BCUT2D eigenvalue weighted by atomic mass is 9.86. The fourth-order valence-electron chi connectivity index (χ4n) is 3.19. The molecule has 2 atom stereocenters. The van der Waals surface area contributed by atoms with E-state index in [4.69, 9.17) is 5.26 Å². The van der Waals surface area contributed by atoms with Crippen molar-refractivity contribution in [3.05, 3.63) is 33.2 Å². The van der Waals surface area contributed by atoms with Gasteiger partial charge in [0.1, 0.15) is 18.2 Å². The Morgan fingerprint density at radius 2 is 2.09 bits per heavy atom. The topological polar surface area (TPSA) is 74.9 Å². The van der Waals surface area contributed by atoms with Crippen LogP contribution >= 0.6 is 0 Å². The van der Waals surface area contributed by atoms with Crippen molar-refractivity contribution in [2.75, 3.05) is 0 Å². The summed E-state index contributed by atoms with van der Waals surface area (Å²) in [5.74, 6) is 0.319. The van der Waals surface area contributed by atoms with E-state index in [2.05, 4.69) is 12.2 Å². The molecule has 1 aliphatic rings. The standard InChI is InChI=1S/C17H23N3O2/c1-11-6-4-5-7-15(11)19-16(21)10-20-13(3)8-12(2)14(9-18)17(20)22/h8,11,15H,4-7,10H2,1-3H3,(H,19,21)/t11-,15-/m0/s1. The van der Waals surface area contributed by atoms with Gasteiger partial charge in [0.15, 0.2) is 0 Å². The molecule has 0 bridgehead atoms. The SMILES string of the molecule is Cc1cc(C)n(CC(=O)N[C@H]2CCCC[C@@H]2C)c(=O)c1C#N. The first-order valence-corrected chi connectivity index (χ1v) is 7.84. The van der Waals surface area contributed by atoms with Crippen LogP contribution in [0.15, 0.2) is 10.9 Å². The minimum atomic E-state index is -0.383. The minimum absolute atomic E-state index is 0.0250. The Labute approximate surface area is 130 Å². The Kier molecular flexibility index (Phi) is 5.02. The van der Waals surface area contributed by atoms with Gasteiger partial charge in [0.05, 0.1) is 0 Å². The molecule has 1 aliphatic carbocycles. The summed E-state index contributed by atoms with van der Waals surface area (Å²) in [5, 5.41) is 12.1. The van der Waals surface area contributed by atoms with Crippen LogP contribution in [0.4, 0.5) is 0 Å². The maximum absolute atomic E-state index is 12.3. The molecule has 22 heavy (non-hydrogen) atoms. The molecule has 0 spiro atoms. The average molecular weight is 301 g/mol. The quantitative estimate of drug-likeness (QED) is 0.928. The Bertz CT molecular complexity index is 670. The van der Waals surface area contributed by atoms with E-state index >= 15 is 0 Å². The molecule has 1 fully saturated rings. The van der Waals surface area contributed by atoms with E-state index in [1.807, 2.05) is 6.07 Å². The monoisotopic (exact) mass is 301 g/mol. The highest BCUT2D eigenvalue weighted by atomic mass is 16.2. The average Bonchev–Trinajstić information content (AvgIpc) is 2.46. The molecule has 5 heteroatoms. The van der Waals surface area contributed by atoms with Gasteiger partial charge in [-0.05, 0) is 44.2 Å². The molecule has 1 aromatic heterocycles. The van der Waals surface area contributed by atoms with E-state index in [1.54, 1.807) is 19.9 Å². The highest BCUT2D eigenvalue weighted by molar-refractivity contribution is 5.76. The molecule has 1 saturated carbocycles. The number of carbonyl (C=O) groups is 1. The zero-order valence-electron chi connectivity index (χ0n) is 13.5. The van der Waals surface area contributed by atoms with Crippen LogP contribution in [0, 0.1) is 31.1 Å². The van der Waals surface area contributed by atoms with E-state index in [-0.39, 0.29) is 29.6 Å². The van der Waals surface area contributed by atoms with Crippen LogP contribution in [0.3, 0.4) is 0 Å². The van der Waals surface area contributed by atoms with Crippen LogP contribution < -0.4 is 10.9 Å². The Morgan fingerprint density at radius 1 is 1.41 bits per heavy atom. The molecule has 2 rings (SSSR count). The van der Waals surface area contributed by atoms with Crippen LogP contribution in [-0.2, 0) is 11.3 Å². The predicted octanol–water partition coefficient (Wildman–Crippen LogP) is 2.03. The van der Waals surface area contributed by atoms with Crippen molar-refractivity contribution < 1.29 is 4.79 Å². The van der Waals surface area contributed by atoms with E-state index in [0.29, 0.717) is 17.2 Å². The van der Waals surface area contributed by atoms with Crippen LogP contribution in [0.25, 0.3) is 0 Å². The summed E-state index contributed by atoms with van der Waals surface area (Å²) in [7, 11) is 0. The lowest BCUT2D eigenvalue weighted by Gasteiger charge is -2.29. The third-order valence-corrected chi connectivity index (χ3v) is 4.58. The zero-order valence-corrected chi connectivity index (χ0v) is 13.5. The summed E-state index contributed by atoms with van der Waals surface area (Å²) in [6.45, 7) is 5.65. The number of aryl methyl sites for hydroxylation is 2. The number of nitriles is 1. The smallest absolute Gasteiger partial charge is 0.269 e. The first-order valence-electron chi connectivity index (χ1n) is 7.84. The highest BCUT2D eigenvalue weighted by Crippen LogP contribution is 2.23. The lowest BCUT2D eigenvalue weighted by molar-refractivity contribution is -0.123. The van der Waals surface area contributed by atoms with E-state index < -0.39 is 0 Å². The van der Waals surface area contributed by atoms with E-state index in [0.717, 1.165) is 19.3 Å². The first-order chi connectivity index (χ1) is 10.4. The van der Waals surface area contributed by atoms with Gasteiger partial charge >= 0.3 is 0 Å². The summed E-state index contributed by atoms with van der Waals surface area (Å²) >= 11 is 0. The molecule has 0 aliphatic heterocycles. The van der Waals surface area contributed by atoms with Crippen LogP contribution in [0.2, 0.25) is 0 Å².